The van der Waals surface area contributed by atoms with Gasteiger partial charge in [-0.25, -0.2) is 9.50 Å². The third-order valence-corrected chi connectivity index (χ3v) is 3.97. The van der Waals surface area contributed by atoms with Crippen molar-refractivity contribution in [2.45, 2.75) is 12.8 Å². The SMILES string of the molecule is O=C(NCCCc1cnc2ncnn2c1)c1cc(=O)c2ccccc2o1. The molecule has 26 heavy (non-hydrogen) atoms. The van der Waals surface area contributed by atoms with E-state index in [1.807, 2.05) is 6.20 Å². The first-order valence-corrected chi connectivity index (χ1v) is 8.16. The molecule has 0 aliphatic heterocycles. The summed E-state index contributed by atoms with van der Waals surface area (Å²) in [5.41, 5.74) is 1.16. The highest BCUT2D eigenvalue weighted by molar-refractivity contribution is 5.93. The van der Waals surface area contributed by atoms with Crippen LogP contribution in [0.15, 0.2) is 58.3 Å². The second kappa shape index (κ2) is 6.75. The van der Waals surface area contributed by atoms with Crippen molar-refractivity contribution >= 4 is 22.7 Å². The largest absolute Gasteiger partial charge is 0.451 e. The predicted octanol–water partition coefficient (Wildman–Crippen LogP) is 1.59. The van der Waals surface area contributed by atoms with Crippen molar-refractivity contribution in [3.05, 3.63) is 70.6 Å². The molecule has 0 atom stereocenters. The molecule has 130 valence electrons. The molecule has 0 fully saturated rings. The molecule has 0 radical (unpaired) electrons. The van der Waals surface area contributed by atoms with Crippen molar-refractivity contribution in [2.24, 2.45) is 0 Å². The Morgan fingerprint density at radius 3 is 3.04 bits per heavy atom. The van der Waals surface area contributed by atoms with Gasteiger partial charge in [-0.3, -0.25) is 9.59 Å². The lowest BCUT2D eigenvalue weighted by Gasteiger charge is -2.06. The van der Waals surface area contributed by atoms with E-state index >= 15 is 0 Å². The number of amides is 1. The van der Waals surface area contributed by atoms with Gasteiger partial charge < -0.3 is 9.73 Å². The topological polar surface area (TPSA) is 102 Å². The van der Waals surface area contributed by atoms with E-state index in [0.717, 1.165) is 12.0 Å². The Bertz CT molecular complexity index is 1150. The monoisotopic (exact) mass is 349 g/mol. The zero-order valence-electron chi connectivity index (χ0n) is 13.8. The maximum absolute atomic E-state index is 12.2. The summed E-state index contributed by atoms with van der Waals surface area (Å²) in [6.45, 7) is 0.449. The highest BCUT2D eigenvalue weighted by Gasteiger charge is 2.11. The first-order valence-electron chi connectivity index (χ1n) is 8.16. The van der Waals surface area contributed by atoms with Crippen molar-refractivity contribution in [1.82, 2.24) is 24.9 Å². The number of para-hydroxylation sites is 1. The van der Waals surface area contributed by atoms with Gasteiger partial charge in [0.05, 0.1) is 5.39 Å². The second-order valence-electron chi connectivity index (χ2n) is 5.80. The van der Waals surface area contributed by atoms with Crippen LogP contribution in [0.1, 0.15) is 22.5 Å². The van der Waals surface area contributed by atoms with Crippen LogP contribution in [-0.4, -0.2) is 32.0 Å². The molecule has 0 aliphatic rings. The minimum atomic E-state index is -0.405. The first kappa shape index (κ1) is 15.9. The van der Waals surface area contributed by atoms with Crippen LogP contribution >= 0.6 is 0 Å². The number of fused-ring (bicyclic) bond motifs is 2. The molecule has 8 nitrogen and oxygen atoms in total. The van der Waals surface area contributed by atoms with E-state index in [1.165, 1.54) is 12.4 Å². The fraction of sp³-hybridized carbons (Fsp3) is 0.167. The molecule has 3 heterocycles. The van der Waals surface area contributed by atoms with Crippen LogP contribution in [0, 0.1) is 0 Å². The molecule has 0 unspecified atom stereocenters. The fourth-order valence-corrected chi connectivity index (χ4v) is 2.68. The minimum Gasteiger partial charge on any atom is -0.451 e. The van der Waals surface area contributed by atoms with E-state index in [2.05, 4.69) is 20.4 Å². The molecule has 1 amide bonds. The van der Waals surface area contributed by atoms with Gasteiger partial charge in [-0.15, -0.1) is 0 Å². The molecule has 1 aromatic carbocycles. The van der Waals surface area contributed by atoms with E-state index in [-0.39, 0.29) is 11.2 Å². The molecule has 0 spiro atoms. The molecule has 0 saturated heterocycles. The summed E-state index contributed by atoms with van der Waals surface area (Å²) < 4.78 is 7.13. The van der Waals surface area contributed by atoms with E-state index in [1.54, 1.807) is 35.0 Å². The van der Waals surface area contributed by atoms with Crippen molar-refractivity contribution in [2.75, 3.05) is 6.54 Å². The molecule has 8 heteroatoms. The van der Waals surface area contributed by atoms with Crippen molar-refractivity contribution in [1.29, 1.82) is 0 Å². The standard InChI is InChI=1S/C18H15N5O3/c24-14-8-16(26-15-6-2-1-5-13(14)15)17(25)19-7-3-4-12-9-20-18-21-11-22-23(18)10-12/h1-2,5-6,8-11H,3-4,7H2,(H,19,25). The fourth-order valence-electron chi connectivity index (χ4n) is 2.68. The lowest BCUT2D eigenvalue weighted by Crippen LogP contribution is -2.25. The van der Waals surface area contributed by atoms with Gasteiger partial charge in [0.25, 0.3) is 11.7 Å². The van der Waals surface area contributed by atoms with Crippen LogP contribution in [0.25, 0.3) is 16.7 Å². The number of hydrogen-bond acceptors (Lipinski definition) is 6. The quantitative estimate of drug-likeness (QED) is 0.549. The van der Waals surface area contributed by atoms with Gasteiger partial charge in [-0.05, 0) is 30.5 Å². The highest BCUT2D eigenvalue weighted by atomic mass is 16.3. The van der Waals surface area contributed by atoms with Crippen molar-refractivity contribution in [3.8, 4) is 0 Å². The lowest BCUT2D eigenvalue weighted by molar-refractivity contribution is 0.0926. The van der Waals surface area contributed by atoms with Gasteiger partial charge in [0.2, 0.25) is 0 Å². The Kier molecular flexibility index (Phi) is 4.14. The molecule has 4 rings (SSSR count). The van der Waals surface area contributed by atoms with Crippen LogP contribution in [0.4, 0.5) is 0 Å². The smallest absolute Gasteiger partial charge is 0.287 e. The molecule has 4 aromatic rings. The maximum atomic E-state index is 12.2. The summed E-state index contributed by atoms with van der Waals surface area (Å²) in [6.07, 6.45) is 6.49. The Morgan fingerprint density at radius 2 is 2.12 bits per heavy atom. The molecule has 0 aliphatic carbocycles. The molecular formula is C18H15N5O3. The first-order chi connectivity index (χ1) is 12.7. The van der Waals surface area contributed by atoms with Crippen LogP contribution in [-0.2, 0) is 6.42 Å². The van der Waals surface area contributed by atoms with E-state index in [9.17, 15) is 9.59 Å². The van der Waals surface area contributed by atoms with Crippen LogP contribution < -0.4 is 10.7 Å². The number of benzene rings is 1. The summed E-state index contributed by atoms with van der Waals surface area (Å²) in [5, 5.41) is 7.26. The van der Waals surface area contributed by atoms with Gasteiger partial charge in [-0.1, -0.05) is 12.1 Å². The van der Waals surface area contributed by atoms with Crippen molar-refractivity contribution < 1.29 is 9.21 Å². The zero-order chi connectivity index (χ0) is 17.9. The Balaban J connectivity index is 1.37. The molecule has 0 saturated carbocycles. The molecule has 3 aromatic heterocycles. The summed E-state index contributed by atoms with van der Waals surface area (Å²) in [4.78, 5) is 32.4. The van der Waals surface area contributed by atoms with Gasteiger partial charge in [0.1, 0.15) is 11.9 Å². The third-order valence-electron chi connectivity index (χ3n) is 3.97. The highest BCUT2D eigenvalue weighted by Crippen LogP contribution is 2.11. The number of carbonyl (C=O) groups is 1. The van der Waals surface area contributed by atoms with E-state index in [4.69, 9.17) is 4.42 Å². The number of aryl methyl sites for hydroxylation is 1. The summed E-state index contributed by atoms with van der Waals surface area (Å²) in [7, 11) is 0. The maximum Gasteiger partial charge on any atom is 0.287 e. The van der Waals surface area contributed by atoms with Gasteiger partial charge in [0.15, 0.2) is 11.2 Å². The van der Waals surface area contributed by atoms with E-state index in [0.29, 0.717) is 29.7 Å². The Labute approximate surface area is 147 Å². The second-order valence-corrected chi connectivity index (χ2v) is 5.80. The molecule has 1 N–H and O–H groups in total. The molecule has 0 bridgehead atoms. The zero-order valence-corrected chi connectivity index (χ0v) is 13.8. The number of nitrogens with one attached hydrogen (secondary N) is 1. The number of rotatable bonds is 5. The average molecular weight is 349 g/mol. The Morgan fingerprint density at radius 1 is 1.23 bits per heavy atom. The third kappa shape index (κ3) is 3.16. The van der Waals surface area contributed by atoms with Gasteiger partial charge in [0, 0.05) is 25.0 Å². The van der Waals surface area contributed by atoms with Crippen LogP contribution in [0.2, 0.25) is 0 Å². The summed E-state index contributed by atoms with van der Waals surface area (Å²) in [6, 6.07) is 8.07. The lowest BCUT2D eigenvalue weighted by atomic mass is 10.2. The van der Waals surface area contributed by atoms with Gasteiger partial charge >= 0.3 is 0 Å². The van der Waals surface area contributed by atoms with Crippen molar-refractivity contribution in [3.63, 3.8) is 0 Å². The number of hydrogen-bond donors (Lipinski definition) is 1. The summed E-state index contributed by atoms with van der Waals surface area (Å²) >= 11 is 0. The van der Waals surface area contributed by atoms with Crippen LogP contribution in [0.5, 0.6) is 0 Å². The normalized spacial score (nSPS) is 11.1. The van der Waals surface area contributed by atoms with Gasteiger partial charge in [-0.2, -0.15) is 10.1 Å². The predicted molar refractivity (Wildman–Crippen MR) is 93.9 cm³/mol. The summed E-state index contributed by atoms with van der Waals surface area (Å²) in [5.74, 6) is 0.158. The van der Waals surface area contributed by atoms with Crippen LogP contribution in [0.3, 0.4) is 0 Å². The Hall–Kier alpha value is -3.55. The minimum absolute atomic E-state index is 0.0133. The average Bonchev–Trinajstić information content (AvgIpc) is 3.13. The van der Waals surface area contributed by atoms with E-state index < -0.39 is 5.91 Å². The number of aromatic nitrogens is 4. The molecular weight excluding hydrogens is 334 g/mol. The number of nitrogens with zero attached hydrogens (tertiary/aromatic N) is 4. The number of carbonyl (C=O) groups excluding carboxylic acids is 1.